The molecule has 0 radical (unpaired) electrons. The molecule has 2 aromatic carbocycles. The van der Waals surface area contributed by atoms with Crippen molar-refractivity contribution >= 4 is 85.5 Å². The number of fused-ring (bicyclic) bond motifs is 2. The Morgan fingerprint density at radius 3 is 1.60 bits per heavy atom. The SMILES string of the molecule is Cn1c2c(Br)cc(Br)cc2c(=O)c2cc(Br)cc(Br)c21. The lowest BCUT2D eigenvalue weighted by molar-refractivity contribution is 0.995. The summed E-state index contributed by atoms with van der Waals surface area (Å²) in [5, 5.41) is 1.37. The third kappa shape index (κ3) is 2.21. The highest BCUT2D eigenvalue weighted by molar-refractivity contribution is 9.11. The van der Waals surface area contributed by atoms with E-state index < -0.39 is 0 Å². The first-order valence-corrected chi connectivity index (χ1v) is 8.84. The number of benzene rings is 2. The second kappa shape index (κ2) is 5.23. The Morgan fingerprint density at radius 1 is 0.800 bits per heavy atom. The zero-order chi connectivity index (χ0) is 14.6. The molecule has 0 N–H and O–H groups in total. The smallest absolute Gasteiger partial charge is 0.197 e. The molecule has 102 valence electrons. The van der Waals surface area contributed by atoms with Crippen molar-refractivity contribution in [2.75, 3.05) is 0 Å². The lowest BCUT2D eigenvalue weighted by atomic mass is 10.1. The number of hydrogen-bond acceptors (Lipinski definition) is 1. The maximum Gasteiger partial charge on any atom is 0.197 e. The van der Waals surface area contributed by atoms with Gasteiger partial charge in [0, 0.05) is 35.7 Å². The predicted molar refractivity (Wildman–Crippen MR) is 97.5 cm³/mol. The highest BCUT2D eigenvalue weighted by Crippen LogP contribution is 2.32. The number of halogens is 4. The van der Waals surface area contributed by atoms with Crippen LogP contribution in [0.5, 0.6) is 0 Å². The first kappa shape index (κ1) is 14.8. The van der Waals surface area contributed by atoms with Crippen LogP contribution >= 0.6 is 63.7 Å². The Hall–Kier alpha value is -0.170. The first-order chi connectivity index (χ1) is 9.40. The van der Waals surface area contributed by atoms with E-state index in [2.05, 4.69) is 63.7 Å². The number of pyridine rings is 1. The van der Waals surface area contributed by atoms with Gasteiger partial charge < -0.3 is 4.57 Å². The minimum absolute atomic E-state index is 0.0251. The van der Waals surface area contributed by atoms with Gasteiger partial charge in [-0.05, 0) is 56.1 Å². The summed E-state index contributed by atoms with van der Waals surface area (Å²) >= 11 is 14.0. The Balaban J connectivity index is 2.73. The van der Waals surface area contributed by atoms with Crippen LogP contribution in [0.1, 0.15) is 0 Å². The fourth-order valence-electron chi connectivity index (χ4n) is 2.42. The number of aromatic nitrogens is 1. The van der Waals surface area contributed by atoms with Gasteiger partial charge in [0.1, 0.15) is 0 Å². The summed E-state index contributed by atoms with van der Waals surface area (Å²) in [4.78, 5) is 12.8. The number of aryl methyl sites for hydroxylation is 1. The summed E-state index contributed by atoms with van der Waals surface area (Å²) in [6.07, 6.45) is 0. The van der Waals surface area contributed by atoms with Gasteiger partial charge >= 0.3 is 0 Å². The lowest BCUT2D eigenvalue weighted by Gasteiger charge is -2.14. The fraction of sp³-hybridized carbons (Fsp3) is 0.0714. The Labute approximate surface area is 148 Å². The predicted octanol–water partition coefficient (Wildman–Crippen LogP) is 5.74. The normalized spacial score (nSPS) is 11.4. The minimum atomic E-state index is 0.0251. The third-order valence-corrected chi connectivity index (χ3v) is 5.34. The molecule has 6 heteroatoms. The van der Waals surface area contributed by atoms with E-state index in [1.54, 1.807) is 0 Å². The molecule has 0 aliphatic heterocycles. The maximum absolute atomic E-state index is 12.8. The van der Waals surface area contributed by atoms with E-state index in [9.17, 15) is 4.79 Å². The number of rotatable bonds is 0. The van der Waals surface area contributed by atoms with E-state index in [4.69, 9.17) is 0 Å². The molecule has 0 spiro atoms. The maximum atomic E-state index is 12.8. The average Bonchev–Trinajstić information content (AvgIpc) is 2.34. The summed E-state index contributed by atoms with van der Waals surface area (Å²) in [5.74, 6) is 0. The molecule has 3 aromatic rings. The molecule has 3 rings (SSSR count). The second-order valence-corrected chi connectivity index (χ2v) is 8.00. The van der Waals surface area contributed by atoms with Gasteiger partial charge in [-0.1, -0.05) is 31.9 Å². The molecule has 0 saturated carbocycles. The van der Waals surface area contributed by atoms with Gasteiger partial charge in [-0.25, -0.2) is 0 Å². The highest BCUT2D eigenvalue weighted by atomic mass is 79.9. The molecule has 2 nitrogen and oxygen atoms in total. The molecular weight excluding hydrogens is 518 g/mol. The average molecular weight is 525 g/mol. The molecule has 0 atom stereocenters. The van der Waals surface area contributed by atoms with Crippen LogP contribution in [0.25, 0.3) is 21.8 Å². The van der Waals surface area contributed by atoms with Gasteiger partial charge in [0.25, 0.3) is 0 Å². The van der Waals surface area contributed by atoms with E-state index in [1.807, 2.05) is 35.9 Å². The van der Waals surface area contributed by atoms with E-state index in [-0.39, 0.29) is 5.43 Å². The molecule has 0 amide bonds. The summed E-state index contributed by atoms with van der Waals surface area (Å²) in [7, 11) is 1.96. The molecule has 1 heterocycles. The van der Waals surface area contributed by atoms with Crippen LogP contribution in [0.4, 0.5) is 0 Å². The van der Waals surface area contributed by atoms with Gasteiger partial charge in [0.15, 0.2) is 5.43 Å². The van der Waals surface area contributed by atoms with E-state index in [0.717, 1.165) is 28.9 Å². The van der Waals surface area contributed by atoms with E-state index >= 15 is 0 Å². The van der Waals surface area contributed by atoms with Gasteiger partial charge in [0.05, 0.1) is 11.0 Å². The second-order valence-electron chi connectivity index (χ2n) is 4.46. The van der Waals surface area contributed by atoms with Crippen molar-refractivity contribution in [1.29, 1.82) is 0 Å². The van der Waals surface area contributed by atoms with Crippen molar-refractivity contribution in [3.63, 3.8) is 0 Å². The Morgan fingerprint density at radius 2 is 1.20 bits per heavy atom. The molecule has 1 aromatic heterocycles. The van der Waals surface area contributed by atoms with Gasteiger partial charge in [-0.15, -0.1) is 0 Å². The van der Waals surface area contributed by atoms with Crippen molar-refractivity contribution in [1.82, 2.24) is 4.57 Å². The molecule has 0 fully saturated rings. The van der Waals surface area contributed by atoms with Crippen LogP contribution < -0.4 is 5.43 Å². The molecular formula is C14H7Br4NO. The lowest BCUT2D eigenvalue weighted by Crippen LogP contribution is -2.10. The highest BCUT2D eigenvalue weighted by Gasteiger charge is 2.14. The molecule has 20 heavy (non-hydrogen) atoms. The molecule has 0 saturated heterocycles. The zero-order valence-electron chi connectivity index (χ0n) is 10.2. The van der Waals surface area contributed by atoms with Crippen LogP contribution in [-0.2, 0) is 7.05 Å². The van der Waals surface area contributed by atoms with Crippen molar-refractivity contribution in [2.24, 2.45) is 7.05 Å². The summed E-state index contributed by atoms with van der Waals surface area (Å²) < 4.78 is 5.56. The van der Waals surface area contributed by atoms with Crippen molar-refractivity contribution in [2.45, 2.75) is 0 Å². The quantitative estimate of drug-likeness (QED) is 0.344. The van der Waals surface area contributed by atoms with Crippen molar-refractivity contribution in [3.8, 4) is 0 Å². The van der Waals surface area contributed by atoms with Crippen LogP contribution in [-0.4, -0.2) is 4.57 Å². The standard InChI is InChI=1S/C14H7Br4NO/c1-19-12-8(2-6(15)4-10(12)17)14(20)9-3-7(16)5-11(18)13(9)19/h2-5H,1H3. The third-order valence-electron chi connectivity index (χ3n) is 3.22. The fourth-order valence-corrected chi connectivity index (χ4v) is 5.40. The largest absolute Gasteiger partial charge is 0.342 e. The van der Waals surface area contributed by atoms with Crippen molar-refractivity contribution < 1.29 is 0 Å². The summed E-state index contributed by atoms with van der Waals surface area (Å²) in [6, 6.07) is 7.61. The number of nitrogens with zero attached hydrogens (tertiary/aromatic N) is 1. The topological polar surface area (TPSA) is 22.0 Å². The summed E-state index contributed by atoms with van der Waals surface area (Å²) in [6.45, 7) is 0. The van der Waals surface area contributed by atoms with Crippen LogP contribution in [0, 0.1) is 0 Å². The molecule has 0 aliphatic carbocycles. The van der Waals surface area contributed by atoms with Crippen molar-refractivity contribution in [3.05, 3.63) is 52.4 Å². The molecule has 0 aliphatic rings. The summed E-state index contributed by atoms with van der Waals surface area (Å²) in [5.41, 5.74) is 1.79. The Bertz CT molecular complexity index is 858. The number of hydrogen-bond donors (Lipinski definition) is 0. The van der Waals surface area contributed by atoms with Crippen LogP contribution in [0.3, 0.4) is 0 Å². The van der Waals surface area contributed by atoms with Gasteiger partial charge in [0.2, 0.25) is 0 Å². The van der Waals surface area contributed by atoms with Crippen LogP contribution in [0.15, 0.2) is 47.0 Å². The Kier molecular flexibility index (Phi) is 3.86. The molecule has 0 unspecified atom stereocenters. The van der Waals surface area contributed by atoms with Gasteiger partial charge in [-0.3, -0.25) is 4.79 Å². The van der Waals surface area contributed by atoms with E-state index in [1.165, 1.54) is 0 Å². The van der Waals surface area contributed by atoms with Crippen LogP contribution in [0.2, 0.25) is 0 Å². The molecule has 0 bridgehead atoms. The van der Waals surface area contributed by atoms with E-state index in [0.29, 0.717) is 10.8 Å². The monoisotopic (exact) mass is 521 g/mol. The zero-order valence-corrected chi connectivity index (χ0v) is 16.5. The minimum Gasteiger partial charge on any atom is -0.342 e. The first-order valence-electron chi connectivity index (χ1n) is 5.66. The van der Waals surface area contributed by atoms with Gasteiger partial charge in [-0.2, -0.15) is 0 Å².